The molecule has 0 unspecified atom stereocenters. The molecule has 2 fully saturated rings. The van der Waals surface area contributed by atoms with Gasteiger partial charge in [0, 0.05) is 12.6 Å². The van der Waals surface area contributed by atoms with Gasteiger partial charge in [0.15, 0.2) is 0 Å². The summed E-state index contributed by atoms with van der Waals surface area (Å²) in [5.41, 5.74) is 0. The molecule has 18 heavy (non-hydrogen) atoms. The summed E-state index contributed by atoms with van der Waals surface area (Å²) in [6, 6.07) is 0.877. The molecule has 0 spiro atoms. The first-order chi connectivity index (χ1) is 8.84. The van der Waals surface area contributed by atoms with Gasteiger partial charge in [0.25, 0.3) is 0 Å². The van der Waals surface area contributed by atoms with Gasteiger partial charge in [-0.3, -0.25) is 0 Å². The van der Waals surface area contributed by atoms with E-state index in [2.05, 4.69) is 12.2 Å². The number of nitrogens with one attached hydrogen (secondary N) is 1. The van der Waals surface area contributed by atoms with Gasteiger partial charge >= 0.3 is 0 Å². The molecule has 1 N–H and O–H groups in total. The van der Waals surface area contributed by atoms with Crippen LogP contribution >= 0.6 is 0 Å². The maximum absolute atomic E-state index is 5.97. The van der Waals surface area contributed by atoms with E-state index in [0.717, 1.165) is 18.6 Å². The zero-order chi connectivity index (χ0) is 12.6. The van der Waals surface area contributed by atoms with E-state index in [-0.39, 0.29) is 0 Å². The number of hydrogen-bond donors (Lipinski definition) is 1. The minimum Gasteiger partial charge on any atom is -0.378 e. The van der Waals surface area contributed by atoms with Crippen LogP contribution in [0.4, 0.5) is 0 Å². The average Bonchev–Trinajstić information content (AvgIpc) is 3.19. The van der Waals surface area contributed by atoms with Gasteiger partial charge in [0.1, 0.15) is 0 Å². The fourth-order valence-electron chi connectivity index (χ4n) is 2.82. The Bertz CT molecular complexity index is 207. The third-order valence-corrected chi connectivity index (χ3v) is 4.40. The maximum Gasteiger partial charge on any atom is 0.0575 e. The van der Waals surface area contributed by atoms with Gasteiger partial charge in [0.2, 0.25) is 0 Å². The third kappa shape index (κ3) is 6.19. The Morgan fingerprint density at radius 3 is 2.33 bits per heavy atom. The first-order valence-corrected chi connectivity index (χ1v) is 8.19. The molecule has 2 saturated carbocycles. The second kappa shape index (κ2) is 8.16. The van der Waals surface area contributed by atoms with E-state index in [1.807, 2.05) is 0 Å². The standard InChI is InChI=1S/C16H31NO/c1-14-6-10-16(11-7-14)18-13-5-3-2-4-12-17-15-8-9-15/h14-17H,2-13H2,1H3. The molecule has 0 saturated heterocycles. The van der Waals surface area contributed by atoms with Gasteiger partial charge in [-0.15, -0.1) is 0 Å². The van der Waals surface area contributed by atoms with Crippen molar-refractivity contribution in [2.24, 2.45) is 5.92 Å². The topological polar surface area (TPSA) is 21.3 Å². The van der Waals surface area contributed by atoms with Gasteiger partial charge in [-0.2, -0.15) is 0 Å². The summed E-state index contributed by atoms with van der Waals surface area (Å²) in [5, 5.41) is 3.57. The van der Waals surface area contributed by atoms with E-state index in [0.29, 0.717) is 6.10 Å². The van der Waals surface area contributed by atoms with Crippen LogP contribution in [0.25, 0.3) is 0 Å². The van der Waals surface area contributed by atoms with Crippen LogP contribution in [0, 0.1) is 5.92 Å². The Morgan fingerprint density at radius 2 is 1.61 bits per heavy atom. The number of hydrogen-bond acceptors (Lipinski definition) is 2. The van der Waals surface area contributed by atoms with Crippen LogP contribution in [0.5, 0.6) is 0 Å². The van der Waals surface area contributed by atoms with Crippen molar-refractivity contribution in [1.29, 1.82) is 0 Å². The summed E-state index contributed by atoms with van der Waals surface area (Å²) in [6.07, 6.45) is 14.1. The van der Waals surface area contributed by atoms with E-state index in [1.165, 1.54) is 70.8 Å². The summed E-state index contributed by atoms with van der Waals surface area (Å²) < 4.78 is 5.97. The molecule has 2 nitrogen and oxygen atoms in total. The Hall–Kier alpha value is -0.0800. The second-order valence-corrected chi connectivity index (χ2v) is 6.40. The first kappa shape index (κ1) is 14.3. The fourth-order valence-corrected chi connectivity index (χ4v) is 2.82. The zero-order valence-corrected chi connectivity index (χ0v) is 12.1. The molecule has 0 aromatic rings. The van der Waals surface area contributed by atoms with Crippen molar-refractivity contribution in [1.82, 2.24) is 5.32 Å². The van der Waals surface area contributed by atoms with Crippen molar-refractivity contribution in [2.45, 2.75) is 83.3 Å². The Morgan fingerprint density at radius 1 is 0.889 bits per heavy atom. The van der Waals surface area contributed by atoms with Crippen LogP contribution in [0.2, 0.25) is 0 Å². The number of unbranched alkanes of at least 4 members (excludes halogenated alkanes) is 3. The summed E-state index contributed by atoms with van der Waals surface area (Å²) >= 11 is 0. The lowest BCUT2D eigenvalue weighted by molar-refractivity contribution is 0.0179. The quantitative estimate of drug-likeness (QED) is 0.629. The van der Waals surface area contributed by atoms with Gasteiger partial charge in [-0.25, -0.2) is 0 Å². The second-order valence-electron chi connectivity index (χ2n) is 6.40. The largest absolute Gasteiger partial charge is 0.378 e. The van der Waals surface area contributed by atoms with Crippen molar-refractivity contribution in [2.75, 3.05) is 13.2 Å². The molecule has 106 valence electrons. The highest BCUT2D eigenvalue weighted by atomic mass is 16.5. The van der Waals surface area contributed by atoms with Crippen molar-refractivity contribution in [3.63, 3.8) is 0 Å². The monoisotopic (exact) mass is 253 g/mol. The molecule has 0 bridgehead atoms. The maximum atomic E-state index is 5.97. The van der Waals surface area contributed by atoms with E-state index in [9.17, 15) is 0 Å². The van der Waals surface area contributed by atoms with Crippen LogP contribution in [-0.2, 0) is 4.74 Å². The summed E-state index contributed by atoms with van der Waals surface area (Å²) in [7, 11) is 0. The SMILES string of the molecule is CC1CCC(OCCCCCCNC2CC2)CC1. The lowest BCUT2D eigenvalue weighted by Crippen LogP contribution is -2.20. The molecule has 0 aromatic heterocycles. The Balaban J connectivity index is 1.32. The van der Waals surface area contributed by atoms with Gasteiger partial charge in [-0.05, 0) is 63.8 Å². The lowest BCUT2D eigenvalue weighted by Gasteiger charge is -2.26. The molecule has 2 aliphatic rings. The first-order valence-electron chi connectivity index (χ1n) is 8.19. The van der Waals surface area contributed by atoms with E-state index < -0.39 is 0 Å². The Kier molecular flexibility index (Phi) is 6.50. The van der Waals surface area contributed by atoms with Gasteiger partial charge in [0.05, 0.1) is 6.10 Å². The highest BCUT2D eigenvalue weighted by Gasteiger charge is 2.19. The third-order valence-electron chi connectivity index (χ3n) is 4.40. The van der Waals surface area contributed by atoms with Crippen LogP contribution in [0.3, 0.4) is 0 Å². The molecule has 0 aliphatic heterocycles. The molecule has 0 atom stereocenters. The van der Waals surface area contributed by atoms with Crippen LogP contribution in [0.15, 0.2) is 0 Å². The van der Waals surface area contributed by atoms with E-state index in [4.69, 9.17) is 4.74 Å². The number of rotatable bonds is 9. The van der Waals surface area contributed by atoms with Crippen molar-refractivity contribution in [3.8, 4) is 0 Å². The van der Waals surface area contributed by atoms with Gasteiger partial charge in [-0.1, -0.05) is 19.8 Å². The molecule has 0 aromatic carbocycles. The highest BCUT2D eigenvalue weighted by molar-refractivity contribution is 4.80. The predicted molar refractivity (Wildman–Crippen MR) is 76.9 cm³/mol. The van der Waals surface area contributed by atoms with Crippen LogP contribution in [-0.4, -0.2) is 25.3 Å². The number of ether oxygens (including phenoxy) is 1. The molecule has 0 heterocycles. The summed E-state index contributed by atoms with van der Waals surface area (Å²) in [6.45, 7) is 4.59. The van der Waals surface area contributed by atoms with Crippen LogP contribution < -0.4 is 5.32 Å². The normalized spacial score (nSPS) is 28.5. The zero-order valence-electron chi connectivity index (χ0n) is 12.1. The predicted octanol–water partition coefficient (Wildman–Crippen LogP) is 3.89. The van der Waals surface area contributed by atoms with Crippen LogP contribution in [0.1, 0.15) is 71.1 Å². The molecule has 2 aliphatic carbocycles. The van der Waals surface area contributed by atoms with Gasteiger partial charge < -0.3 is 10.1 Å². The minimum atomic E-state index is 0.581. The lowest BCUT2D eigenvalue weighted by atomic mass is 9.89. The van der Waals surface area contributed by atoms with Crippen molar-refractivity contribution < 1.29 is 4.74 Å². The molecule has 0 amide bonds. The summed E-state index contributed by atoms with van der Waals surface area (Å²) in [4.78, 5) is 0. The minimum absolute atomic E-state index is 0.581. The smallest absolute Gasteiger partial charge is 0.0575 e. The summed E-state index contributed by atoms with van der Waals surface area (Å²) in [5.74, 6) is 0.934. The molecule has 2 heteroatoms. The van der Waals surface area contributed by atoms with Crippen molar-refractivity contribution in [3.05, 3.63) is 0 Å². The van der Waals surface area contributed by atoms with E-state index in [1.54, 1.807) is 0 Å². The van der Waals surface area contributed by atoms with E-state index >= 15 is 0 Å². The molecule has 0 radical (unpaired) electrons. The van der Waals surface area contributed by atoms with Crippen molar-refractivity contribution >= 4 is 0 Å². The average molecular weight is 253 g/mol. The highest BCUT2D eigenvalue weighted by Crippen LogP contribution is 2.25. The molecular formula is C16H31NO. The Labute approximate surface area is 113 Å². The molecule has 2 rings (SSSR count). The molecular weight excluding hydrogens is 222 g/mol. The fraction of sp³-hybridized carbons (Fsp3) is 1.00.